The molecule has 27 heavy (non-hydrogen) atoms. The molecule has 1 N–H and O–H groups in total. The van der Waals surface area contributed by atoms with E-state index in [0.717, 1.165) is 16.9 Å². The second kappa shape index (κ2) is 8.80. The zero-order valence-electron chi connectivity index (χ0n) is 15.1. The van der Waals surface area contributed by atoms with Gasteiger partial charge in [0.2, 0.25) is 5.91 Å². The fourth-order valence-electron chi connectivity index (χ4n) is 2.78. The van der Waals surface area contributed by atoms with Crippen LogP contribution in [0.4, 0.5) is 0 Å². The number of carbonyl (C=O) groups is 1. The summed E-state index contributed by atoms with van der Waals surface area (Å²) < 4.78 is 6.67. The first-order valence-electron chi connectivity index (χ1n) is 8.68. The number of amides is 1. The molecule has 0 atom stereocenters. The van der Waals surface area contributed by atoms with Crippen molar-refractivity contribution in [2.45, 2.75) is 13.0 Å². The standard InChI is InChI=1S/C21H21N3O3/c1-27-19-10-6-5-9-17(19)11-12-22-20(25)15-24-14-18(23-13-21(24)26)16-7-3-2-4-8-16/h2-10,13-14H,11-12,15H2,1H3,(H,22,25). The van der Waals surface area contributed by atoms with Gasteiger partial charge in [-0.25, -0.2) is 4.98 Å². The maximum absolute atomic E-state index is 12.2. The normalized spacial score (nSPS) is 10.4. The van der Waals surface area contributed by atoms with Gasteiger partial charge in [0, 0.05) is 18.3 Å². The fourth-order valence-corrected chi connectivity index (χ4v) is 2.78. The predicted molar refractivity (Wildman–Crippen MR) is 104 cm³/mol. The molecule has 6 heteroatoms. The van der Waals surface area contributed by atoms with Crippen molar-refractivity contribution in [1.29, 1.82) is 0 Å². The van der Waals surface area contributed by atoms with Crippen molar-refractivity contribution in [3.63, 3.8) is 0 Å². The third-order valence-corrected chi connectivity index (χ3v) is 4.17. The highest BCUT2D eigenvalue weighted by Crippen LogP contribution is 2.17. The van der Waals surface area contributed by atoms with Crippen molar-refractivity contribution in [1.82, 2.24) is 14.9 Å². The van der Waals surface area contributed by atoms with Gasteiger partial charge in [0.25, 0.3) is 5.56 Å². The van der Waals surface area contributed by atoms with E-state index in [2.05, 4.69) is 10.3 Å². The highest BCUT2D eigenvalue weighted by atomic mass is 16.5. The van der Waals surface area contributed by atoms with Gasteiger partial charge in [0.05, 0.1) is 19.0 Å². The molecule has 3 aromatic rings. The maximum Gasteiger partial charge on any atom is 0.269 e. The quantitative estimate of drug-likeness (QED) is 0.699. The molecule has 0 aliphatic rings. The largest absolute Gasteiger partial charge is 0.496 e. The number of aromatic nitrogens is 2. The average molecular weight is 363 g/mol. The van der Waals surface area contributed by atoms with Crippen LogP contribution >= 0.6 is 0 Å². The van der Waals surface area contributed by atoms with Crippen LogP contribution in [-0.2, 0) is 17.8 Å². The van der Waals surface area contributed by atoms with E-state index in [1.807, 2.05) is 54.6 Å². The van der Waals surface area contributed by atoms with Crippen LogP contribution < -0.4 is 15.6 Å². The summed E-state index contributed by atoms with van der Waals surface area (Å²) in [4.78, 5) is 28.4. The lowest BCUT2D eigenvalue weighted by Crippen LogP contribution is -2.33. The Bertz CT molecular complexity index is 968. The molecule has 0 spiro atoms. The molecular weight excluding hydrogens is 342 g/mol. The summed E-state index contributed by atoms with van der Waals surface area (Å²) in [5.74, 6) is 0.571. The van der Waals surface area contributed by atoms with Gasteiger partial charge in [0.1, 0.15) is 12.3 Å². The molecule has 0 saturated carbocycles. The lowest BCUT2D eigenvalue weighted by Gasteiger charge is -2.10. The first kappa shape index (κ1) is 18.4. The first-order chi connectivity index (χ1) is 13.2. The zero-order valence-corrected chi connectivity index (χ0v) is 15.1. The topological polar surface area (TPSA) is 73.2 Å². The summed E-state index contributed by atoms with van der Waals surface area (Å²) in [6.45, 7) is 0.414. The third kappa shape index (κ3) is 4.82. The van der Waals surface area contributed by atoms with Crippen LogP contribution in [0.25, 0.3) is 11.3 Å². The van der Waals surface area contributed by atoms with Crippen molar-refractivity contribution < 1.29 is 9.53 Å². The highest BCUT2D eigenvalue weighted by Gasteiger charge is 2.08. The first-order valence-corrected chi connectivity index (χ1v) is 8.68. The second-order valence-corrected chi connectivity index (χ2v) is 6.02. The molecule has 1 amide bonds. The molecule has 3 rings (SSSR count). The molecule has 0 fully saturated rings. The van der Waals surface area contributed by atoms with Gasteiger partial charge in [-0.1, -0.05) is 48.5 Å². The molecular formula is C21H21N3O3. The minimum Gasteiger partial charge on any atom is -0.496 e. The lowest BCUT2D eigenvalue weighted by atomic mass is 10.1. The number of hydrogen-bond acceptors (Lipinski definition) is 4. The number of benzene rings is 2. The Morgan fingerprint density at radius 3 is 2.63 bits per heavy atom. The monoisotopic (exact) mass is 363 g/mol. The van der Waals surface area contributed by atoms with Crippen LogP contribution in [0.15, 0.2) is 71.8 Å². The number of ether oxygens (including phenoxy) is 1. The van der Waals surface area contributed by atoms with Gasteiger partial charge >= 0.3 is 0 Å². The van der Waals surface area contributed by atoms with E-state index >= 15 is 0 Å². The van der Waals surface area contributed by atoms with Crippen LogP contribution in [0.3, 0.4) is 0 Å². The molecule has 1 aromatic heterocycles. The Labute approximate surface area is 157 Å². The molecule has 138 valence electrons. The summed E-state index contributed by atoms with van der Waals surface area (Å²) in [5, 5.41) is 2.84. The highest BCUT2D eigenvalue weighted by molar-refractivity contribution is 5.75. The van der Waals surface area contributed by atoms with E-state index in [9.17, 15) is 9.59 Å². The van der Waals surface area contributed by atoms with Crippen molar-refractivity contribution in [2.75, 3.05) is 13.7 Å². The maximum atomic E-state index is 12.2. The molecule has 0 radical (unpaired) electrons. The SMILES string of the molecule is COc1ccccc1CCNC(=O)Cn1cc(-c2ccccc2)ncc1=O. The molecule has 0 bridgehead atoms. The van der Waals surface area contributed by atoms with Crippen LogP contribution in [0, 0.1) is 0 Å². The lowest BCUT2D eigenvalue weighted by molar-refractivity contribution is -0.121. The minimum atomic E-state index is -0.311. The van der Waals surface area contributed by atoms with Crippen molar-refractivity contribution in [3.8, 4) is 17.0 Å². The van der Waals surface area contributed by atoms with Gasteiger partial charge in [-0.3, -0.25) is 9.59 Å². The number of nitrogens with one attached hydrogen (secondary N) is 1. The van der Waals surface area contributed by atoms with E-state index in [1.165, 1.54) is 10.8 Å². The molecule has 0 saturated heterocycles. The number of hydrogen-bond donors (Lipinski definition) is 1. The summed E-state index contributed by atoms with van der Waals surface area (Å²) >= 11 is 0. The van der Waals surface area contributed by atoms with Crippen LogP contribution in [0.1, 0.15) is 5.56 Å². The van der Waals surface area contributed by atoms with E-state index in [0.29, 0.717) is 18.7 Å². The van der Waals surface area contributed by atoms with Gasteiger partial charge in [-0.05, 0) is 18.1 Å². The van der Waals surface area contributed by atoms with Crippen LogP contribution in [0.5, 0.6) is 5.75 Å². The van der Waals surface area contributed by atoms with Gasteiger partial charge in [0.15, 0.2) is 0 Å². The Morgan fingerprint density at radius 1 is 1.11 bits per heavy atom. The number of nitrogens with zero attached hydrogens (tertiary/aromatic N) is 2. The number of para-hydroxylation sites is 1. The van der Waals surface area contributed by atoms with Gasteiger partial charge in [-0.15, -0.1) is 0 Å². The number of carbonyl (C=O) groups excluding carboxylic acids is 1. The zero-order chi connectivity index (χ0) is 19.1. The van der Waals surface area contributed by atoms with E-state index in [-0.39, 0.29) is 18.0 Å². The Morgan fingerprint density at radius 2 is 1.85 bits per heavy atom. The molecule has 0 unspecified atom stereocenters. The smallest absolute Gasteiger partial charge is 0.269 e. The van der Waals surface area contributed by atoms with Crippen molar-refractivity contribution in [2.24, 2.45) is 0 Å². The summed E-state index contributed by atoms with van der Waals surface area (Å²) in [6, 6.07) is 17.2. The van der Waals surface area contributed by atoms with Gasteiger partial charge in [-0.2, -0.15) is 0 Å². The fraction of sp³-hybridized carbons (Fsp3) is 0.190. The molecule has 6 nitrogen and oxygen atoms in total. The van der Waals surface area contributed by atoms with E-state index < -0.39 is 0 Å². The molecule has 0 aliphatic carbocycles. The van der Waals surface area contributed by atoms with Gasteiger partial charge < -0.3 is 14.6 Å². The Kier molecular flexibility index (Phi) is 5.99. The molecule has 1 heterocycles. The van der Waals surface area contributed by atoms with Crippen molar-refractivity contribution >= 4 is 5.91 Å². The van der Waals surface area contributed by atoms with E-state index in [4.69, 9.17) is 4.74 Å². The average Bonchev–Trinajstić information content (AvgIpc) is 2.70. The molecule has 0 aliphatic heterocycles. The summed E-state index contributed by atoms with van der Waals surface area (Å²) in [6.07, 6.45) is 3.50. The summed E-state index contributed by atoms with van der Waals surface area (Å²) in [7, 11) is 1.62. The Balaban J connectivity index is 1.62. The summed E-state index contributed by atoms with van der Waals surface area (Å²) in [5.41, 5.74) is 2.25. The number of rotatable bonds is 7. The van der Waals surface area contributed by atoms with Crippen LogP contribution in [0.2, 0.25) is 0 Å². The minimum absolute atomic E-state index is 0.0485. The Hall–Kier alpha value is -3.41. The third-order valence-electron chi connectivity index (χ3n) is 4.17. The number of methoxy groups -OCH3 is 1. The van der Waals surface area contributed by atoms with Crippen molar-refractivity contribution in [3.05, 3.63) is 82.9 Å². The molecule has 2 aromatic carbocycles. The van der Waals surface area contributed by atoms with E-state index in [1.54, 1.807) is 13.3 Å². The second-order valence-electron chi connectivity index (χ2n) is 6.02. The predicted octanol–water partition coefficient (Wildman–Crippen LogP) is 2.28. The van der Waals surface area contributed by atoms with Crippen LogP contribution in [-0.4, -0.2) is 29.1 Å².